The highest BCUT2D eigenvalue weighted by Gasteiger charge is 2.39. The molecule has 0 unspecified atom stereocenters. The van der Waals surface area contributed by atoms with Crippen molar-refractivity contribution >= 4 is 43.4 Å². The van der Waals surface area contributed by atoms with E-state index in [0.717, 1.165) is 18.2 Å². The Morgan fingerprint density at radius 3 is 1.69 bits per heavy atom. The van der Waals surface area contributed by atoms with Crippen molar-refractivity contribution in [1.29, 1.82) is 10.5 Å². The molecule has 8 aromatic rings. The number of aromatic nitrogens is 4. The summed E-state index contributed by atoms with van der Waals surface area (Å²) in [5, 5.41) is 17.6. The zero-order valence-corrected chi connectivity index (χ0v) is 27.2. The first-order valence-corrected chi connectivity index (χ1v) is 15.9. The van der Waals surface area contributed by atoms with Crippen LogP contribution in [-0.2, 0) is 12.4 Å². The van der Waals surface area contributed by atoms with Gasteiger partial charge in [0.15, 0.2) is 29.1 Å². The summed E-state index contributed by atoms with van der Waals surface area (Å²) in [6.45, 7) is 0. The lowest BCUT2D eigenvalue weighted by Crippen LogP contribution is -2.11. The van der Waals surface area contributed by atoms with E-state index < -0.39 is 102 Å². The summed E-state index contributed by atoms with van der Waals surface area (Å²) in [5.41, 5.74) is -6.96. The number of para-hydroxylation sites is 2. The molecule has 0 saturated heterocycles. The molecule has 0 radical (unpaired) electrons. The summed E-state index contributed by atoms with van der Waals surface area (Å²) < 4.78 is 136. The maximum absolute atomic E-state index is 16.5. The SMILES string of the molecule is N#Cc1c(F)c(F)c2c(C#N)c(-c3ccc(C(F)(F)F)c(-c4ncc5ccccc5n4)c3)c3ccc(C(F)(F)F)c(-c4ncc5ccccc5n4)c3c2c1F. The van der Waals surface area contributed by atoms with E-state index in [2.05, 4.69) is 19.9 Å². The van der Waals surface area contributed by atoms with E-state index >= 15 is 13.2 Å². The van der Waals surface area contributed by atoms with Crippen LogP contribution in [0, 0.1) is 40.1 Å². The third kappa shape index (κ3) is 5.51. The second-order valence-corrected chi connectivity index (χ2v) is 12.2. The van der Waals surface area contributed by atoms with E-state index in [1.165, 1.54) is 36.7 Å². The molecule has 2 aromatic heterocycles. The Labute approximate surface area is 302 Å². The Kier molecular flexibility index (Phi) is 7.93. The summed E-state index contributed by atoms with van der Waals surface area (Å²) in [5.74, 6) is -6.86. The number of hydrogen-bond acceptors (Lipinski definition) is 6. The van der Waals surface area contributed by atoms with Crippen LogP contribution in [0.1, 0.15) is 22.3 Å². The minimum absolute atomic E-state index is 0.147. The predicted molar refractivity (Wildman–Crippen MR) is 183 cm³/mol. The normalized spacial score (nSPS) is 12.1. The minimum Gasteiger partial charge on any atom is -0.236 e. The average molecular weight is 751 g/mol. The highest BCUT2D eigenvalue weighted by Crippen LogP contribution is 2.50. The molecule has 0 N–H and O–H groups in total. The minimum atomic E-state index is -5.21. The van der Waals surface area contributed by atoms with Crippen LogP contribution in [0.4, 0.5) is 39.5 Å². The molecule has 6 nitrogen and oxygen atoms in total. The van der Waals surface area contributed by atoms with E-state index in [9.17, 15) is 36.9 Å². The summed E-state index contributed by atoms with van der Waals surface area (Å²) in [4.78, 5) is 16.8. The lowest BCUT2D eigenvalue weighted by Gasteiger charge is -2.22. The number of alkyl halides is 6. The molecule has 0 aliphatic rings. The van der Waals surface area contributed by atoms with Crippen molar-refractivity contribution in [2.24, 2.45) is 0 Å². The lowest BCUT2D eigenvalue weighted by atomic mass is 9.83. The number of rotatable bonds is 3. The number of benzene rings is 6. The zero-order valence-electron chi connectivity index (χ0n) is 27.2. The van der Waals surface area contributed by atoms with Crippen LogP contribution in [0.25, 0.3) is 77.3 Å². The fourth-order valence-corrected chi connectivity index (χ4v) is 6.76. The highest BCUT2D eigenvalue weighted by atomic mass is 19.4. The number of halogens is 9. The van der Waals surface area contributed by atoms with E-state index in [-0.39, 0.29) is 16.6 Å². The van der Waals surface area contributed by atoms with Gasteiger partial charge >= 0.3 is 12.4 Å². The van der Waals surface area contributed by atoms with Crippen molar-refractivity contribution in [1.82, 2.24) is 19.9 Å². The summed E-state index contributed by atoms with van der Waals surface area (Å²) in [7, 11) is 0. The molecule has 0 bridgehead atoms. The van der Waals surface area contributed by atoms with Crippen LogP contribution < -0.4 is 0 Å². The monoisotopic (exact) mass is 750 g/mol. The molecule has 15 heteroatoms. The number of nitrogens with zero attached hydrogens (tertiary/aromatic N) is 6. The molecule has 0 aliphatic carbocycles. The lowest BCUT2D eigenvalue weighted by molar-refractivity contribution is -0.137. The van der Waals surface area contributed by atoms with Crippen molar-refractivity contribution in [2.75, 3.05) is 0 Å². The molecule has 0 fully saturated rings. The van der Waals surface area contributed by atoms with Gasteiger partial charge in [0, 0.05) is 56.0 Å². The molecule has 2 heterocycles. The van der Waals surface area contributed by atoms with Gasteiger partial charge in [0.05, 0.1) is 27.7 Å². The Hall–Kier alpha value is -7.13. The van der Waals surface area contributed by atoms with Crippen molar-refractivity contribution in [3.05, 3.63) is 131 Å². The van der Waals surface area contributed by atoms with E-state index in [4.69, 9.17) is 0 Å². The van der Waals surface area contributed by atoms with Crippen molar-refractivity contribution in [2.45, 2.75) is 12.4 Å². The van der Waals surface area contributed by atoms with Gasteiger partial charge in [0.25, 0.3) is 0 Å². The van der Waals surface area contributed by atoms with Crippen molar-refractivity contribution < 1.29 is 39.5 Å². The first-order chi connectivity index (χ1) is 26.2. The third-order valence-electron chi connectivity index (χ3n) is 9.13. The van der Waals surface area contributed by atoms with Crippen LogP contribution in [0.15, 0.2) is 91.3 Å². The molecule has 55 heavy (non-hydrogen) atoms. The molecule has 8 rings (SSSR count). The van der Waals surface area contributed by atoms with Crippen LogP contribution >= 0.6 is 0 Å². The third-order valence-corrected chi connectivity index (χ3v) is 9.13. The maximum Gasteiger partial charge on any atom is 0.417 e. The maximum atomic E-state index is 16.5. The van der Waals surface area contributed by atoms with Gasteiger partial charge in [-0.05, 0) is 41.3 Å². The first kappa shape index (κ1) is 34.9. The van der Waals surface area contributed by atoms with Gasteiger partial charge in [-0.1, -0.05) is 48.5 Å². The topological polar surface area (TPSA) is 99.1 Å². The molecule has 0 atom stereocenters. The fourth-order valence-electron chi connectivity index (χ4n) is 6.76. The number of hydrogen-bond donors (Lipinski definition) is 0. The molecule has 268 valence electrons. The van der Waals surface area contributed by atoms with E-state index in [1.807, 2.05) is 0 Å². The quantitative estimate of drug-likeness (QED) is 0.101. The predicted octanol–water partition coefficient (Wildman–Crippen LogP) is 11.1. The molecular weight excluding hydrogens is 735 g/mol. The zero-order chi connectivity index (χ0) is 39.0. The number of nitriles is 2. The first-order valence-electron chi connectivity index (χ1n) is 15.9. The molecule has 6 aromatic carbocycles. The smallest absolute Gasteiger partial charge is 0.236 e. The second kappa shape index (κ2) is 12.5. The Balaban J connectivity index is 1.60. The van der Waals surface area contributed by atoms with Gasteiger partial charge < -0.3 is 0 Å². The Bertz CT molecular complexity index is 3030. The molecule has 0 saturated carbocycles. The van der Waals surface area contributed by atoms with Gasteiger partial charge in [0.2, 0.25) is 0 Å². The average Bonchev–Trinajstić information content (AvgIpc) is 3.17. The van der Waals surface area contributed by atoms with Crippen LogP contribution in [0.5, 0.6) is 0 Å². The van der Waals surface area contributed by atoms with Crippen LogP contribution in [0.3, 0.4) is 0 Å². The highest BCUT2D eigenvalue weighted by molar-refractivity contribution is 6.22. The standard InChI is InChI=1S/C40H15F9N6/c41-34-24(15-51)35(42)36(43)31-23(14-50)29(18-9-11-25(39(44,45)46)22(13-18)37-52-16-19-5-1-3-7-27(19)54-37)21-10-12-26(40(47,48)49)32(30(21)33(31)34)38-53-17-20-6-2-4-8-28(20)55-38/h1-13,16-17H. The van der Waals surface area contributed by atoms with Crippen LogP contribution in [-0.4, -0.2) is 19.9 Å². The fraction of sp³-hybridized carbons (Fsp3) is 0.0500. The van der Waals surface area contributed by atoms with Crippen molar-refractivity contribution in [3.63, 3.8) is 0 Å². The second-order valence-electron chi connectivity index (χ2n) is 12.2. The largest absolute Gasteiger partial charge is 0.417 e. The Morgan fingerprint density at radius 2 is 1.09 bits per heavy atom. The molecular formula is C40H15F9N6. The summed E-state index contributed by atoms with van der Waals surface area (Å²) >= 11 is 0. The van der Waals surface area contributed by atoms with Gasteiger partial charge in [-0.15, -0.1) is 0 Å². The summed E-state index contributed by atoms with van der Waals surface area (Å²) in [6, 6.07) is 19.2. The van der Waals surface area contributed by atoms with Gasteiger partial charge in [-0.25, -0.2) is 33.1 Å². The summed E-state index contributed by atoms with van der Waals surface area (Å²) in [6.07, 6.45) is -7.74. The van der Waals surface area contributed by atoms with Gasteiger partial charge in [-0.3, -0.25) is 0 Å². The van der Waals surface area contributed by atoms with E-state index in [1.54, 1.807) is 36.4 Å². The van der Waals surface area contributed by atoms with Gasteiger partial charge in [-0.2, -0.15) is 36.9 Å². The Morgan fingerprint density at radius 1 is 0.527 bits per heavy atom. The molecule has 0 aliphatic heterocycles. The van der Waals surface area contributed by atoms with Gasteiger partial charge in [0.1, 0.15) is 17.7 Å². The number of fused-ring (bicyclic) bond motifs is 5. The molecule has 0 spiro atoms. The van der Waals surface area contributed by atoms with Crippen LogP contribution in [0.2, 0.25) is 0 Å². The van der Waals surface area contributed by atoms with Crippen molar-refractivity contribution in [3.8, 4) is 46.0 Å². The van der Waals surface area contributed by atoms with E-state index in [0.29, 0.717) is 22.9 Å². The molecule has 0 amide bonds.